The summed E-state index contributed by atoms with van der Waals surface area (Å²) in [7, 11) is -4.06. The quantitative estimate of drug-likeness (QED) is 0.534. The van der Waals surface area contributed by atoms with E-state index in [4.69, 9.17) is 0 Å². The first kappa shape index (κ1) is 20.0. The van der Waals surface area contributed by atoms with Crippen molar-refractivity contribution in [1.82, 2.24) is 0 Å². The molecule has 0 heterocycles. The summed E-state index contributed by atoms with van der Waals surface area (Å²) in [6.07, 6.45) is 0. The lowest BCUT2D eigenvalue weighted by Crippen LogP contribution is -2.21. The molecule has 28 heavy (non-hydrogen) atoms. The van der Waals surface area contributed by atoms with Crippen LogP contribution in [0.4, 0.5) is 0 Å². The van der Waals surface area contributed by atoms with Gasteiger partial charge in [0.1, 0.15) is 0 Å². The smallest absolute Gasteiger partial charge is 0.248 e. The predicted octanol–water partition coefficient (Wildman–Crippen LogP) is 5.59. The summed E-state index contributed by atoms with van der Waals surface area (Å²) >= 11 is 0. The molecule has 0 unspecified atom stereocenters. The van der Waals surface area contributed by atoms with E-state index in [0.717, 1.165) is 22.3 Å². The Morgan fingerprint density at radius 3 is 1.46 bits per heavy atom. The summed E-state index contributed by atoms with van der Waals surface area (Å²) in [6.45, 7) is 7.46. The second-order valence-corrected chi connectivity index (χ2v) is 9.74. The lowest BCUT2D eigenvalue weighted by molar-refractivity contribution is 0.104. The number of carbonyl (C=O) groups is 2. The fourth-order valence-corrected chi connectivity index (χ4v) is 5.84. The Morgan fingerprint density at radius 1 is 0.643 bits per heavy atom. The first-order valence-corrected chi connectivity index (χ1v) is 10.9. The van der Waals surface area contributed by atoms with Crippen molar-refractivity contribution < 1.29 is 14.2 Å². The monoisotopic (exact) mass is 390 g/mol. The van der Waals surface area contributed by atoms with Gasteiger partial charge in [0.2, 0.25) is 18.2 Å². The molecule has 0 amide bonds. The molecular weight excluding hydrogens is 367 g/mol. The minimum Gasteiger partial charge on any atom is -0.302 e. The molecular formula is C24H23O3P. The summed E-state index contributed by atoms with van der Waals surface area (Å²) in [6, 6.07) is 19.0. The molecule has 3 nitrogen and oxygen atoms in total. The van der Waals surface area contributed by atoms with Crippen molar-refractivity contribution in [3.63, 3.8) is 0 Å². The third-order valence-electron chi connectivity index (χ3n) is 4.92. The Kier molecular flexibility index (Phi) is 5.49. The number of aryl methyl sites for hydroxylation is 4. The molecule has 0 aliphatic rings. The lowest BCUT2D eigenvalue weighted by Gasteiger charge is -2.19. The maximum atomic E-state index is 14.2. The maximum absolute atomic E-state index is 14.2. The molecule has 0 saturated carbocycles. The van der Waals surface area contributed by atoms with Crippen LogP contribution in [0.15, 0.2) is 66.7 Å². The molecule has 0 fully saturated rings. The minimum atomic E-state index is -4.06. The van der Waals surface area contributed by atoms with Crippen molar-refractivity contribution in [2.24, 2.45) is 0 Å². The van der Waals surface area contributed by atoms with E-state index >= 15 is 0 Å². The van der Waals surface area contributed by atoms with Crippen LogP contribution >= 0.6 is 7.14 Å². The number of benzene rings is 3. The third kappa shape index (κ3) is 3.50. The highest BCUT2D eigenvalue weighted by Crippen LogP contribution is 2.51. The molecule has 0 N–H and O–H groups in total. The highest BCUT2D eigenvalue weighted by atomic mass is 31.2. The Bertz CT molecular complexity index is 1050. The van der Waals surface area contributed by atoms with Crippen molar-refractivity contribution in [2.75, 3.05) is 0 Å². The van der Waals surface area contributed by atoms with Gasteiger partial charge in [0, 0.05) is 16.4 Å². The average Bonchev–Trinajstić information content (AvgIpc) is 2.67. The normalized spacial score (nSPS) is 11.3. The fourth-order valence-electron chi connectivity index (χ4n) is 3.41. The highest BCUT2D eigenvalue weighted by Gasteiger charge is 2.43. The summed E-state index contributed by atoms with van der Waals surface area (Å²) < 4.78 is 14.2. The van der Waals surface area contributed by atoms with Crippen LogP contribution in [0.2, 0.25) is 0 Å². The molecule has 0 spiro atoms. The predicted molar refractivity (Wildman–Crippen MR) is 114 cm³/mol. The Balaban J connectivity index is 2.23. The minimum absolute atomic E-state index is 0.268. The summed E-state index contributed by atoms with van der Waals surface area (Å²) in [4.78, 5) is 27.0. The Morgan fingerprint density at radius 2 is 1.07 bits per heavy atom. The second-order valence-electron chi connectivity index (χ2n) is 7.19. The van der Waals surface area contributed by atoms with Crippen LogP contribution in [0.3, 0.4) is 0 Å². The van der Waals surface area contributed by atoms with Crippen LogP contribution in [0.5, 0.6) is 0 Å². The largest absolute Gasteiger partial charge is 0.302 e. The van der Waals surface area contributed by atoms with Gasteiger partial charge in [-0.1, -0.05) is 77.9 Å². The van der Waals surface area contributed by atoms with E-state index in [1.54, 1.807) is 68.4 Å². The standard InChI is InChI=1S/C24H23O3P/c1-16-10-12-21(18(3)14-16)23(25)28(27,20-8-6-5-7-9-20)24(26)22-13-11-17(2)15-19(22)4/h5-15H,1-4H3. The number of carbonyl (C=O) groups excluding carboxylic acids is 2. The van der Waals surface area contributed by atoms with Crippen LogP contribution in [0.25, 0.3) is 0 Å². The van der Waals surface area contributed by atoms with Gasteiger partial charge in [-0.05, 0) is 38.8 Å². The van der Waals surface area contributed by atoms with Gasteiger partial charge in [-0.3, -0.25) is 9.59 Å². The van der Waals surface area contributed by atoms with Crippen LogP contribution in [0, 0.1) is 27.7 Å². The molecule has 3 aromatic carbocycles. The van der Waals surface area contributed by atoms with Gasteiger partial charge in [0.15, 0.2) is 0 Å². The van der Waals surface area contributed by atoms with Crippen LogP contribution < -0.4 is 5.30 Å². The maximum Gasteiger partial charge on any atom is 0.248 e. The van der Waals surface area contributed by atoms with Crippen LogP contribution in [-0.2, 0) is 4.57 Å². The first-order chi connectivity index (χ1) is 13.2. The van der Waals surface area contributed by atoms with E-state index in [9.17, 15) is 14.2 Å². The molecule has 142 valence electrons. The van der Waals surface area contributed by atoms with Crippen molar-refractivity contribution in [1.29, 1.82) is 0 Å². The zero-order chi connectivity index (χ0) is 20.5. The second kappa shape index (κ2) is 7.69. The van der Waals surface area contributed by atoms with Crippen molar-refractivity contribution >= 4 is 23.5 Å². The highest BCUT2D eigenvalue weighted by molar-refractivity contribution is 8.01. The molecule has 3 rings (SSSR count). The van der Waals surface area contributed by atoms with Gasteiger partial charge in [0.25, 0.3) is 0 Å². The van der Waals surface area contributed by atoms with Crippen molar-refractivity contribution in [2.45, 2.75) is 27.7 Å². The Labute approximate surface area is 165 Å². The van der Waals surface area contributed by atoms with E-state index in [2.05, 4.69) is 0 Å². The molecule has 0 aliphatic carbocycles. The molecule has 0 radical (unpaired) electrons. The third-order valence-corrected chi connectivity index (χ3v) is 7.57. The van der Waals surface area contributed by atoms with Crippen LogP contribution in [-0.4, -0.2) is 11.0 Å². The number of rotatable bonds is 5. The van der Waals surface area contributed by atoms with Crippen LogP contribution in [0.1, 0.15) is 43.0 Å². The van der Waals surface area contributed by atoms with Crippen molar-refractivity contribution in [3.05, 3.63) is 100 Å². The summed E-state index contributed by atoms with van der Waals surface area (Å²) in [5.41, 5.74) is 2.88. The molecule has 3 aromatic rings. The zero-order valence-electron chi connectivity index (χ0n) is 16.5. The molecule has 0 aromatic heterocycles. The van der Waals surface area contributed by atoms with Gasteiger partial charge in [-0.15, -0.1) is 0 Å². The molecule has 0 saturated heterocycles. The number of hydrogen-bond donors (Lipinski definition) is 0. The fraction of sp³-hybridized carbons (Fsp3) is 0.167. The molecule has 0 aliphatic heterocycles. The van der Waals surface area contributed by atoms with E-state index in [1.165, 1.54) is 0 Å². The SMILES string of the molecule is Cc1ccc(C(=O)P(=O)(C(=O)c2ccc(C)cc2C)c2ccccc2)c(C)c1. The molecule has 4 heteroatoms. The number of hydrogen-bond acceptors (Lipinski definition) is 3. The van der Waals surface area contributed by atoms with E-state index in [0.29, 0.717) is 11.1 Å². The average molecular weight is 390 g/mol. The van der Waals surface area contributed by atoms with Gasteiger partial charge in [0.05, 0.1) is 0 Å². The zero-order valence-corrected chi connectivity index (χ0v) is 17.4. The summed E-state index contributed by atoms with van der Waals surface area (Å²) in [5.74, 6) is 0. The first-order valence-electron chi connectivity index (χ1n) is 9.15. The van der Waals surface area contributed by atoms with Crippen molar-refractivity contribution in [3.8, 4) is 0 Å². The van der Waals surface area contributed by atoms with Gasteiger partial charge < -0.3 is 4.57 Å². The Hall–Kier alpha value is -2.77. The molecule has 0 bridgehead atoms. The van der Waals surface area contributed by atoms with E-state index in [-0.39, 0.29) is 5.30 Å². The van der Waals surface area contributed by atoms with Gasteiger partial charge in [-0.2, -0.15) is 0 Å². The van der Waals surface area contributed by atoms with E-state index in [1.807, 2.05) is 26.0 Å². The molecule has 0 atom stereocenters. The topological polar surface area (TPSA) is 51.2 Å². The summed E-state index contributed by atoms with van der Waals surface area (Å²) in [5, 5.41) is 0.268. The van der Waals surface area contributed by atoms with Gasteiger partial charge in [-0.25, -0.2) is 0 Å². The van der Waals surface area contributed by atoms with E-state index < -0.39 is 18.2 Å². The lowest BCUT2D eigenvalue weighted by atomic mass is 10.1. The van der Waals surface area contributed by atoms with Gasteiger partial charge >= 0.3 is 0 Å².